The first-order chi connectivity index (χ1) is 6.59. The van der Waals surface area contributed by atoms with Crippen molar-refractivity contribution in [1.82, 2.24) is 9.97 Å². The molecular formula is C12H14N2. The van der Waals surface area contributed by atoms with Crippen LogP contribution in [0.25, 0.3) is 10.9 Å². The minimum absolute atomic E-state index is 0.143. The lowest BCUT2D eigenvalue weighted by molar-refractivity contribution is 0.595. The van der Waals surface area contributed by atoms with Crippen molar-refractivity contribution in [2.45, 2.75) is 26.2 Å². The van der Waals surface area contributed by atoms with E-state index in [0.29, 0.717) is 0 Å². The topological polar surface area (TPSA) is 25.8 Å². The Labute approximate surface area is 84.0 Å². The van der Waals surface area contributed by atoms with Crippen LogP contribution in [0.4, 0.5) is 0 Å². The molecule has 0 N–H and O–H groups in total. The third kappa shape index (κ3) is 1.48. The fourth-order valence-electron chi connectivity index (χ4n) is 1.64. The highest BCUT2D eigenvalue weighted by Crippen LogP contribution is 2.27. The molecule has 2 aromatic heterocycles. The number of hydrogen-bond donors (Lipinski definition) is 0. The average molecular weight is 186 g/mol. The summed E-state index contributed by atoms with van der Waals surface area (Å²) in [5.74, 6) is 0. The number of hydrogen-bond acceptors (Lipinski definition) is 2. The van der Waals surface area contributed by atoms with Crippen molar-refractivity contribution >= 4 is 10.9 Å². The lowest BCUT2D eigenvalue weighted by Gasteiger charge is -2.20. The summed E-state index contributed by atoms with van der Waals surface area (Å²) in [5, 5.41) is 1.16. The summed E-state index contributed by atoms with van der Waals surface area (Å²) in [4.78, 5) is 8.46. The third-order valence-electron chi connectivity index (χ3n) is 2.35. The number of pyridine rings is 2. The second-order valence-corrected chi connectivity index (χ2v) is 4.50. The normalized spacial score (nSPS) is 11.9. The van der Waals surface area contributed by atoms with Crippen LogP contribution in [-0.4, -0.2) is 9.97 Å². The van der Waals surface area contributed by atoms with Crippen molar-refractivity contribution in [3.63, 3.8) is 0 Å². The molecule has 14 heavy (non-hydrogen) atoms. The summed E-state index contributed by atoms with van der Waals surface area (Å²) >= 11 is 0. The van der Waals surface area contributed by atoms with Gasteiger partial charge in [-0.3, -0.25) is 9.97 Å². The molecule has 72 valence electrons. The van der Waals surface area contributed by atoms with Gasteiger partial charge < -0.3 is 0 Å². The molecule has 0 aliphatic heterocycles. The van der Waals surface area contributed by atoms with E-state index in [1.54, 1.807) is 6.20 Å². The predicted octanol–water partition coefficient (Wildman–Crippen LogP) is 2.93. The maximum absolute atomic E-state index is 4.32. The molecule has 2 heterocycles. The second-order valence-electron chi connectivity index (χ2n) is 4.50. The van der Waals surface area contributed by atoms with Gasteiger partial charge in [-0.2, -0.15) is 0 Å². The Morgan fingerprint density at radius 3 is 2.57 bits per heavy atom. The number of rotatable bonds is 0. The molecular weight excluding hydrogens is 172 g/mol. The van der Waals surface area contributed by atoms with Crippen LogP contribution in [0.5, 0.6) is 0 Å². The molecule has 0 atom stereocenters. The summed E-state index contributed by atoms with van der Waals surface area (Å²) in [6.07, 6.45) is 5.54. The van der Waals surface area contributed by atoms with E-state index in [4.69, 9.17) is 0 Å². The highest BCUT2D eigenvalue weighted by atomic mass is 14.7. The molecule has 0 unspecified atom stereocenters. The van der Waals surface area contributed by atoms with Gasteiger partial charge in [0.1, 0.15) is 0 Å². The fourth-order valence-corrected chi connectivity index (χ4v) is 1.64. The van der Waals surface area contributed by atoms with Gasteiger partial charge in [-0.05, 0) is 23.1 Å². The zero-order chi connectivity index (χ0) is 10.2. The highest BCUT2D eigenvalue weighted by Gasteiger charge is 2.16. The summed E-state index contributed by atoms with van der Waals surface area (Å²) in [6.45, 7) is 6.61. The van der Waals surface area contributed by atoms with Gasteiger partial charge in [-0.25, -0.2) is 0 Å². The first-order valence-corrected chi connectivity index (χ1v) is 4.78. The van der Waals surface area contributed by atoms with Crippen LogP contribution < -0.4 is 0 Å². The van der Waals surface area contributed by atoms with Crippen molar-refractivity contribution < 1.29 is 0 Å². The largest absolute Gasteiger partial charge is 0.264 e. The molecule has 0 saturated carbocycles. The molecule has 2 rings (SSSR count). The van der Waals surface area contributed by atoms with Crippen LogP contribution in [0.3, 0.4) is 0 Å². The van der Waals surface area contributed by atoms with E-state index in [0.717, 1.165) is 10.9 Å². The molecule has 0 radical (unpaired) electrons. The minimum Gasteiger partial charge on any atom is -0.264 e. The van der Waals surface area contributed by atoms with Gasteiger partial charge in [0.15, 0.2) is 0 Å². The van der Waals surface area contributed by atoms with Crippen LogP contribution >= 0.6 is 0 Å². The molecule has 0 fully saturated rings. The number of fused-ring (bicyclic) bond motifs is 1. The second kappa shape index (κ2) is 3.05. The van der Waals surface area contributed by atoms with Gasteiger partial charge in [-0.15, -0.1) is 0 Å². The fraction of sp³-hybridized carbons (Fsp3) is 0.333. The molecule has 0 spiro atoms. The molecule has 2 heteroatoms. The molecule has 2 nitrogen and oxygen atoms in total. The van der Waals surface area contributed by atoms with Gasteiger partial charge in [0.05, 0.1) is 5.52 Å². The van der Waals surface area contributed by atoms with E-state index in [1.165, 1.54) is 5.56 Å². The number of nitrogens with zero attached hydrogens (tertiary/aromatic N) is 2. The quantitative estimate of drug-likeness (QED) is 0.632. The predicted molar refractivity (Wildman–Crippen MR) is 58.2 cm³/mol. The van der Waals surface area contributed by atoms with E-state index < -0.39 is 0 Å². The van der Waals surface area contributed by atoms with E-state index in [1.807, 2.05) is 18.5 Å². The Morgan fingerprint density at radius 1 is 1.07 bits per heavy atom. The summed E-state index contributed by atoms with van der Waals surface area (Å²) in [5.41, 5.74) is 2.47. The summed E-state index contributed by atoms with van der Waals surface area (Å²) in [6, 6.07) is 4.02. The maximum atomic E-state index is 4.32. The van der Waals surface area contributed by atoms with Crippen LogP contribution in [0.15, 0.2) is 30.7 Å². The molecule has 0 bridgehead atoms. The highest BCUT2D eigenvalue weighted by molar-refractivity contribution is 5.81. The maximum Gasteiger partial charge on any atom is 0.0735 e. The molecule has 0 aliphatic carbocycles. The Morgan fingerprint density at radius 2 is 1.86 bits per heavy atom. The smallest absolute Gasteiger partial charge is 0.0735 e. The monoisotopic (exact) mass is 186 g/mol. The van der Waals surface area contributed by atoms with Crippen LogP contribution in [0, 0.1) is 0 Å². The molecule has 0 aromatic carbocycles. The van der Waals surface area contributed by atoms with Gasteiger partial charge in [0.2, 0.25) is 0 Å². The molecule has 0 aliphatic rings. The van der Waals surface area contributed by atoms with Gasteiger partial charge in [0, 0.05) is 24.0 Å². The molecule has 2 aromatic rings. The number of aromatic nitrogens is 2. The van der Waals surface area contributed by atoms with Crippen molar-refractivity contribution in [3.05, 3.63) is 36.3 Å². The standard InChI is InChI=1S/C12H14N2/c1-12(2,3)10-4-7-14-11-5-6-13-8-9(10)11/h4-8H,1-3H3. The minimum atomic E-state index is 0.143. The Balaban J connectivity index is 2.78. The van der Waals surface area contributed by atoms with Crippen molar-refractivity contribution in [1.29, 1.82) is 0 Å². The Hall–Kier alpha value is -1.44. The molecule has 0 amide bonds. The Bertz CT molecular complexity index is 450. The van der Waals surface area contributed by atoms with E-state index >= 15 is 0 Å². The van der Waals surface area contributed by atoms with Crippen LogP contribution in [0.1, 0.15) is 26.3 Å². The van der Waals surface area contributed by atoms with Crippen molar-refractivity contribution in [2.24, 2.45) is 0 Å². The van der Waals surface area contributed by atoms with E-state index in [-0.39, 0.29) is 5.41 Å². The first kappa shape index (κ1) is 9.13. The lowest BCUT2D eigenvalue weighted by Crippen LogP contribution is -2.11. The zero-order valence-corrected chi connectivity index (χ0v) is 8.78. The van der Waals surface area contributed by atoms with E-state index in [9.17, 15) is 0 Å². The van der Waals surface area contributed by atoms with Crippen molar-refractivity contribution in [2.75, 3.05) is 0 Å². The van der Waals surface area contributed by atoms with Gasteiger partial charge in [-0.1, -0.05) is 20.8 Å². The van der Waals surface area contributed by atoms with Gasteiger partial charge >= 0.3 is 0 Å². The first-order valence-electron chi connectivity index (χ1n) is 4.78. The summed E-state index contributed by atoms with van der Waals surface area (Å²) < 4.78 is 0. The van der Waals surface area contributed by atoms with Gasteiger partial charge in [0.25, 0.3) is 0 Å². The average Bonchev–Trinajstić information content (AvgIpc) is 2.15. The Kier molecular flexibility index (Phi) is 1.99. The lowest BCUT2D eigenvalue weighted by atomic mass is 9.85. The zero-order valence-electron chi connectivity index (χ0n) is 8.78. The van der Waals surface area contributed by atoms with Crippen molar-refractivity contribution in [3.8, 4) is 0 Å². The molecule has 0 saturated heterocycles. The summed E-state index contributed by atoms with van der Waals surface area (Å²) in [7, 11) is 0. The SMILES string of the molecule is CC(C)(C)c1ccnc2ccncc12. The van der Waals surface area contributed by atoms with Crippen LogP contribution in [0.2, 0.25) is 0 Å². The van der Waals surface area contributed by atoms with Crippen LogP contribution in [-0.2, 0) is 5.41 Å². The van der Waals surface area contributed by atoms with E-state index in [2.05, 4.69) is 36.8 Å². The third-order valence-corrected chi connectivity index (χ3v) is 2.35.